The summed E-state index contributed by atoms with van der Waals surface area (Å²) in [6.45, 7) is 3.30. The first-order valence-electron chi connectivity index (χ1n) is 8.93. The van der Waals surface area contributed by atoms with E-state index in [1.54, 1.807) is 6.92 Å². The molecule has 1 N–H and O–H groups in total. The van der Waals surface area contributed by atoms with E-state index in [9.17, 15) is 28.0 Å². The van der Waals surface area contributed by atoms with E-state index in [4.69, 9.17) is 9.47 Å². The van der Waals surface area contributed by atoms with Crippen LogP contribution in [0.4, 0.5) is 19.4 Å². The lowest BCUT2D eigenvalue weighted by atomic mass is 10.1. The lowest BCUT2D eigenvalue weighted by molar-refractivity contribution is -0.174. The number of carbonyl (C=O) groups excluding carboxylic acids is 3. The van der Waals surface area contributed by atoms with Crippen molar-refractivity contribution in [2.75, 3.05) is 18.5 Å². The van der Waals surface area contributed by atoms with Crippen LogP contribution in [-0.4, -0.2) is 58.9 Å². The number of nitrogens with zero attached hydrogens (tertiary/aromatic N) is 2. The van der Waals surface area contributed by atoms with Gasteiger partial charge in [-0.2, -0.15) is 13.8 Å². The van der Waals surface area contributed by atoms with Crippen LogP contribution >= 0.6 is 0 Å². The van der Waals surface area contributed by atoms with Crippen molar-refractivity contribution in [1.29, 1.82) is 0 Å². The van der Waals surface area contributed by atoms with Crippen molar-refractivity contribution in [3.05, 3.63) is 22.7 Å². The third kappa shape index (κ3) is 5.49. The Morgan fingerprint density at radius 1 is 1.27 bits per heavy atom. The topological polar surface area (TPSA) is 135 Å². The van der Waals surface area contributed by atoms with Crippen LogP contribution in [0.2, 0.25) is 0 Å². The normalized spacial score (nSPS) is 22.2. The number of carbonyl (C=O) groups is 3. The molecule has 166 valence electrons. The Morgan fingerprint density at radius 3 is 2.53 bits per heavy atom. The summed E-state index contributed by atoms with van der Waals surface area (Å²) in [4.78, 5) is 49.6. The fourth-order valence-electron chi connectivity index (χ4n) is 2.62. The quantitative estimate of drug-likeness (QED) is 0.497. The molecule has 2 rings (SSSR count). The third-order valence-corrected chi connectivity index (χ3v) is 3.84. The maximum Gasteiger partial charge on any atom is 0.412 e. The third-order valence-electron chi connectivity index (χ3n) is 3.84. The second kappa shape index (κ2) is 9.61. The van der Waals surface area contributed by atoms with Gasteiger partial charge in [-0.25, -0.2) is 9.59 Å². The summed E-state index contributed by atoms with van der Waals surface area (Å²) in [7, 11) is 0. The van der Waals surface area contributed by atoms with E-state index >= 15 is 0 Å². The first kappa shape index (κ1) is 23.2. The van der Waals surface area contributed by atoms with Gasteiger partial charge in [0.2, 0.25) is 6.23 Å². The van der Waals surface area contributed by atoms with Crippen molar-refractivity contribution < 1.29 is 42.1 Å². The molecule has 1 aromatic heterocycles. The molecule has 0 aliphatic carbocycles. The number of alkyl halides is 2. The fraction of sp³-hybridized carbons (Fsp3) is 0.588. The average molecular weight is 433 g/mol. The molecule has 1 aromatic rings. The van der Waals surface area contributed by atoms with Crippen LogP contribution in [0.3, 0.4) is 0 Å². The van der Waals surface area contributed by atoms with Crippen molar-refractivity contribution in [3.8, 4) is 0 Å². The number of hydrogen-bond acceptors (Lipinski definition) is 9. The molecular weight excluding hydrogens is 412 g/mol. The number of aromatic nitrogens is 2. The van der Waals surface area contributed by atoms with Gasteiger partial charge in [0.05, 0.1) is 6.61 Å². The van der Waals surface area contributed by atoms with Gasteiger partial charge in [0.1, 0.15) is 18.5 Å². The van der Waals surface area contributed by atoms with E-state index in [-0.39, 0.29) is 12.4 Å². The summed E-state index contributed by atoms with van der Waals surface area (Å²) >= 11 is 0. The lowest BCUT2D eigenvalue weighted by Gasteiger charge is -2.23. The molecule has 1 fully saturated rings. The molecule has 0 radical (unpaired) electrons. The van der Waals surface area contributed by atoms with E-state index < -0.39 is 54.7 Å². The monoisotopic (exact) mass is 433 g/mol. The van der Waals surface area contributed by atoms with Crippen molar-refractivity contribution >= 4 is 23.8 Å². The van der Waals surface area contributed by atoms with E-state index in [1.807, 2.05) is 0 Å². The molecule has 0 bridgehead atoms. The minimum atomic E-state index is -3.85. The van der Waals surface area contributed by atoms with Crippen molar-refractivity contribution in [1.82, 2.24) is 9.55 Å². The molecule has 11 nitrogen and oxygen atoms in total. The molecule has 1 aliphatic heterocycles. The highest BCUT2D eigenvalue weighted by Crippen LogP contribution is 2.44. The maximum atomic E-state index is 14.9. The Labute approximate surface area is 169 Å². The summed E-state index contributed by atoms with van der Waals surface area (Å²) in [6.07, 6.45) is -5.17. The summed E-state index contributed by atoms with van der Waals surface area (Å²) < 4.78 is 49.6. The maximum absolute atomic E-state index is 14.9. The molecule has 30 heavy (non-hydrogen) atoms. The largest absolute Gasteiger partial charge is 0.463 e. The lowest BCUT2D eigenvalue weighted by Crippen LogP contribution is -2.44. The van der Waals surface area contributed by atoms with Crippen LogP contribution in [0.1, 0.15) is 33.4 Å². The van der Waals surface area contributed by atoms with Crippen molar-refractivity contribution in [2.24, 2.45) is 0 Å². The van der Waals surface area contributed by atoms with E-state index in [0.717, 1.165) is 26.1 Å². The molecule has 3 atom stereocenters. The van der Waals surface area contributed by atoms with Crippen molar-refractivity contribution in [3.63, 3.8) is 0 Å². The molecule has 0 spiro atoms. The Kier molecular flexibility index (Phi) is 7.43. The van der Waals surface area contributed by atoms with Crippen LogP contribution in [0.5, 0.6) is 0 Å². The van der Waals surface area contributed by atoms with Gasteiger partial charge >= 0.3 is 29.6 Å². The minimum absolute atomic E-state index is 0.145. The number of amides is 1. The smallest absolute Gasteiger partial charge is 0.412 e. The van der Waals surface area contributed by atoms with Gasteiger partial charge in [-0.1, -0.05) is 6.92 Å². The first-order chi connectivity index (χ1) is 14.1. The van der Waals surface area contributed by atoms with E-state index in [1.165, 1.54) is 0 Å². The zero-order valence-corrected chi connectivity index (χ0v) is 16.4. The predicted molar refractivity (Wildman–Crippen MR) is 94.8 cm³/mol. The van der Waals surface area contributed by atoms with Gasteiger partial charge in [-0.15, -0.1) is 0 Å². The fourth-order valence-corrected chi connectivity index (χ4v) is 2.62. The number of rotatable bonds is 7. The zero-order valence-electron chi connectivity index (χ0n) is 16.4. The highest BCUT2D eigenvalue weighted by Gasteiger charge is 2.62. The molecule has 0 saturated carbocycles. The van der Waals surface area contributed by atoms with Gasteiger partial charge in [-0.05, 0) is 12.5 Å². The number of anilines is 1. The minimum Gasteiger partial charge on any atom is -0.463 e. The summed E-state index contributed by atoms with van der Waals surface area (Å²) in [5.74, 6) is -5.83. The molecule has 1 aliphatic rings. The molecule has 1 saturated heterocycles. The zero-order chi connectivity index (χ0) is 22.5. The van der Waals surface area contributed by atoms with Gasteiger partial charge < -0.3 is 18.9 Å². The van der Waals surface area contributed by atoms with Crippen LogP contribution in [0.15, 0.2) is 17.1 Å². The van der Waals surface area contributed by atoms with Crippen LogP contribution in [0, 0.1) is 0 Å². The Morgan fingerprint density at radius 2 is 1.97 bits per heavy atom. The molecule has 0 aromatic carbocycles. The van der Waals surface area contributed by atoms with Gasteiger partial charge in [0.15, 0.2) is 6.10 Å². The van der Waals surface area contributed by atoms with Gasteiger partial charge in [0.25, 0.3) is 0 Å². The summed E-state index contributed by atoms with van der Waals surface area (Å²) in [5.41, 5.74) is -1.16. The predicted octanol–water partition coefficient (Wildman–Crippen LogP) is 1.23. The van der Waals surface area contributed by atoms with Crippen LogP contribution < -0.4 is 11.0 Å². The summed E-state index contributed by atoms with van der Waals surface area (Å²) in [5, 5.41) is 2.19. The Hall–Kier alpha value is -3.09. The molecule has 3 unspecified atom stereocenters. The van der Waals surface area contributed by atoms with Crippen LogP contribution in [-0.2, 0) is 28.5 Å². The molecular formula is C17H21F2N3O8. The molecule has 1 amide bonds. The SMILES string of the molecule is CCCOC(=O)Nc1ccn(C2OC(COC(C)=O)C(OC(C)=O)C2(F)F)c(=O)n1. The van der Waals surface area contributed by atoms with E-state index in [2.05, 4.69) is 19.8 Å². The highest BCUT2D eigenvalue weighted by atomic mass is 19.3. The second-order valence-corrected chi connectivity index (χ2v) is 6.30. The summed E-state index contributed by atoms with van der Waals surface area (Å²) in [6, 6.07) is 1.09. The molecule has 2 heterocycles. The average Bonchev–Trinajstić information content (AvgIpc) is 2.88. The number of ether oxygens (including phenoxy) is 4. The van der Waals surface area contributed by atoms with Gasteiger partial charge in [-0.3, -0.25) is 19.5 Å². The number of nitrogens with one attached hydrogen (secondary N) is 1. The number of esters is 2. The second-order valence-electron chi connectivity index (χ2n) is 6.30. The van der Waals surface area contributed by atoms with Crippen molar-refractivity contribution in [2.45, 2.75) is 51.6 Å². The Bertz CT molecular complexity index is 860. The van der Waals surface area contributed by atoms with Crippen LogP contribution in [0.25, 0.3) is 0 Å². The number of hydrogen-bond donors (Lipinski definition) is 1. The van der Waals surface area contributed by atoms with Gasteiger partial charge in [0, 0.05) is 20.0 Å². The highest BCUT2D eigenvalue weighted by molar-refractivity contribution is 5.83. The first-order valence-corrected chi connectivity index (χ1v) is 8.93. The molecule has 13 heteroatoms. The van der Waals surface area contributed by atoms with E-state index in [0.29, 0.717) is 11.0 Å². The standard InChI is InChI=1S/C17H21F2N3O8/c1-4-7-27-16(26)21-12-5-6-22(15(25)20-12)14-17(18,19)13(29-10(3)24)11(30-14)8-28-9(2)23/h5-6,11,13-14H,4,7-8H2,1-3H3,(H,20,21,25,26). The number of halogens is 2. The Balaban J connectivity index is 2.26.